The van der Waals surface area contributed by atoms with Crippen LogP contribution in [0.15, 0.2) is 24.3 Å². The first-order chi connectivity index (χ1) is 11.8. The lowest BCUT2D eigenvalue weighted by atomic mass is 9.98. The van der Waals surface area contributed by atoms with Crippen molar-refractivity contribution in [1.82, 2.24) is 4.90 Å². The molecule has 0 spiro atoms. The van der Waals surface area contributed by atoms with Crippen molar-refractivity contribution in [1.29, 1.82) is 0 Å². The van der Waals surface area contributed by atoms with Crippen LogP contribution in [-0.4, -0.2) is 67.5 Å². The van der Waals surface area contributed by atoms with Gasteiger partial charge in [0.25, 0.3) is 0 Å². The highest BCUT2D eigenvalue weighted by Gasteiger charge is 2.09. The number of rotatable bonds is 9. The second-order valence-corrected chi connectivity index (χ2v) is 5.72. The van der Waals surface area contributed by atoms with E-state index in [1.165, 1.54) is 5.56 Å². The highest BCUT2D eigenvalue weighted by atomic mass is 16.5. The molecule has 0 fully saturated rings. The average molecular weight is 355 g/mol. The Kier molecular flexibility index (Phi) is 12.1. The Labute approximate surface area is 149 Å². The van der Waals surface area contributed by atoms with Crippen LogP contribution in [0.2, 0.25) is 0 Å². The smallest absolute Gasteiger partial charge is 0.414 e. The Morgan fingerprint density at radius 3 is 2.20 bits per heavy atom. The summed E-state index contributed by atoms with van der Waals surface area (Å²) in [4.78, 5) is 20.3. The van der Waals surface area contributed by atoms with Gasteiger partial charge in [-0.15, -0.1) is 0 Å². The number of carboxylic acids is 2. The van der Waals surface area contributed by atoms with Crippen molar-refractivity contribution < 1.29 is 29.3 Å². The molecule has 0 aliphatic carbocycles. The molecule has 142 valence electrons. The van der Waals surface area contributed by atoms with E-state index in [0.717, 1.165) is 25.3 Å². The Bertz CT molecular complexity index is 506. The fourth-order valence-corrected chi connectivity index (χ4v) is 1.80. The lowest BCUT2D eigenvalue weighted by Crippen LogP contribution is -2.19. The minimum atomic E-state index is -1.82. The molecular formula is C18H29NO6. The van der Waals surface area contributed by atoms with E-state index < -0.39 is 11.9 Å². The van der Waals surface area contributed by atoms with E-state index in [4.69, 9.17) is 29.3 Å². The molecule has 1 rings (SSSR count). The first kappa shape index (κ1) is 22.9. The van der Waals surface area contributed by atoms with E-state index in [0.29, 0.717) is 19.1 Å². The lowest BCUT2D eigenvalue weighted by molar-refractivity contribution is -0.159. The van der Waals surface area contributed by atoms with E-state index in [-0.39, 0.29) is 0 Å². The summed E-state index contributed by atoms with van der Waals surface area (Å²) in [5, 5.41) is 14.8. The summed E-state index contributed by atoms with van der Waals surface area (Å²) in [7, 11) is 4.09. The molecule has 2 N–H and O–H groups in total. The molecule has 0 saturated heterocycles. The third-order valence-electron chi connectivity index (χ3n) is 3.41. The van der Waals surface area contributed by atoms with Crippen molar-refractivity contribution in [3.05, 3.63) is 29.8 Å². The van der Waals surface area contributed by atoms with Gasteiger partial charge in [0.15, 0.2) is 0 Å². The lowest BCUT2D eigenvalue weighted by Gasteiger charge is -2.16. The predicted octanol–water partition coefficient (Wildman–Crippen LogP) is 2.31. The van der Waals surface area contributed by atoms with E-state index >= 15 is 0 Å². The highest BCUT2D eigenvalue weighted by Crippen LogP contribution is 2.28. The van der Waals surface area contributed by atoms with Crippen LogP contribution in [-0.2, 0) is 14.3 Å². The molecule has 1 unspecified atom stereocenters. The second-order valence-electron chi connectivity index (χ2n) is 5.72. The number of hydrogen-bond donors (Lipinski definition) is 2. The summed E-state index contributed by atoms with van der Waals surface area (Å²) in [6.07, 6.45) is 1.12. The van der Waals surface area contributed by atoms with Gasteiger partial charge in [-0.25, -0.2) is 9.59 Å². The van der Waals surface area contributed by atoms with Crippen molar-refractivity contribution in [2.45, 2.75) is 26.2 Å². The van der Waals surface area contributed by atoms with Crippen molar-refractivity contribution in [3.8, 4) is 5.75 Å². The van der Waals surface area contributed by atoms with Crippen molar-refractivity contribution in [3.63, 3.8) is 0 Å². The van der Waals surface area contributed by atoms with E-state index in [1.807, 2.05) is 26.2 Å². The minimum absolute atomic E-state index is 0.533. The number of aliphatic carboxylic acids is 2. The maximum Gasteiger partial charge on any atom is 0.414 e. The van der Waals surface area contributed by atoms with Gasteiger partial charge in [-0.2, -0.15) is 0 Å². The molecule has 1 atom stereocenters. The summed E-state index contributed by atoms with van der Waals surface area (Å²) in [5.41, 5.74) is 1.29. The predicted molar refractivity (Wildman–Crippen MR) is 95.3 cm³/mol. The van der Waals surface area contributed by atoms with Crippen LogP contribution < -0.4 is 4.74 Å². The number of carboxylic acid groups (broad SMARTS) is 2. The molecule has 0 bridgehead atoms. The molecule has 0 aliphatic heterocycles. The molecule has 1 aromatic rings. The van der Waals surface area contributed by atoms with E-state index in [2.05, 4.69) is 30.9 Å². The number of ether oxygens (including phenoxy) is 2. The maximum absolute atomic E-state index is 9.10. The fourth-order valence-electron chi connectivity index (χ4n) is 1.80. The van der Waals surface area contributed by atoms with E-state index in [9.17, 15) is 0 Å². The van der Waals surface area contributed by atoms with Gasteiger partial charge in [0, 0.05) is 6.54 Å². The zero-order chi connectivity index (χ0) is 19.2. The standard InChI is InChI=1S/C16H27NO2.C2H2O4/c1-5-14(2)15-8-6-7-9-16(15)19-13-12-18-11-10-17(3)4;3-1(4)2(5)6/h6-9,14H,5,10-13H2,1-4H3;(H,3,4)(H,5,6). The summed E-state index contributed by atoms with van der Waals surface area (Å²) in [6.45, 7) is 7.39. The Morgan fingerprint density at radius 1 is 1.08 bits per heavy atom. The number of carbonyl (C=O) groups is 2. The molecule has 7 heteroatoms. The van der Waals surface area contributed by atoms with Crippen LogP contribution >= 0.6 is 0 Å². The first-order valence-corrected chi connectivity index (χ1v) is 8.19. The fraction of sp³-hybridized carbons (Fsp3) is 0.556. The number of hydrogen-bond acceptors (Lipinski definition) is 5. The van der Waals surface area contributed by atoms with Crippen LogP contribution in [0.4, 0.5) is 0 Å². The first-order valence-electron chi connectivity index (χ1n) is 8.19. The molecule has 0 aromatic heterocycles. The van der Waals surface area contributed by atoms with Gasteiger partial charge in [-0.05, 0) is 38.1 Å². The van der Waals surface area contributed by atoms with E-state index in [1.54, 1.807) is 0 Å². The maximum atomic E-state index is 9.10. The molecule has 1 aromatic carbocycles. The van der Waals surface area contributed by atoms with Gasteiger partial charge in [0.1, 0.15) is 12.4 Å². The van der Waals surface area contributed by atoms with Crippen molar-refractivity contribution in [2.24, 2.45) is 0 Å². The van der Waals surface area contributed by atoms with Crippen molar-refractivity contribution in [2.75, 3.05) is 40.5 Å². The number of likely N-dealkylation sites (N-methyl/N-ethyl adjacent to an activating group) is 1. The SMILES string of the molecule is CCC(C)c1ccccc1OCCOCCN(C)C.O=C(O)C(=O)O. The third kappa shape index (κ3) is 11.1. The zero-order valence-electron chi connectivity index (χ0n) is 15.4. The van der Waals surface area contributed by atoms with Gasteiger partial charge in [-0.1, -0.05) is 32.0 Å². The summed E-state index contributed by atoms with van der Waals surface area (Å²) in [5.74, 6) is -2.12. The summed E-state index contributed by atoms with van der Waals surface area (Å²) >= 11 is 0. The average Bonchev–Trinajstić information content (AvgIpc) is 2.57. The molecule has 25 heavy (non-hydrogen) atoms. The van der Waals surface area contributed by atoms with Crippen LogP contribution in [0.25, 0.3) is 0 Å². The second kappa shape index (κ2) is 13.2. The van der Waals surface area contributed by atoms with Gasteiger partial charge in [0.05, 0.1) is 13.2 Å². The Hall–Kier alpha value is -2.12. The van der Waals surface area contributed by atoms with Crippen LogP contribution in [0.1, 0.15) is 31.7 Å². The van der Waals surface area contributed by atoms with Gasteiger partial charge >= 0.3 is 11.9 Å². The topological polar surface area (TPSA) is 96.3 Å². The number of para-hydroxylation sites is 1. The van der Waals surface area contributed by atoms with Gasteiger partial charge < -0.3 is 24.6 Å². The van der Waals surface area contributed by atoms with Crippen LogP contribution in [0.3, 0.4) is 0 Å². The largest absolute Gasteiger partial charge is 0.491 e. The third-order valence-corrected chi connectivity index (χ3v) is 3.41. The zero-order valence-corrected chi connectivity index (χ0v) is 15.4. The molecular weight excluding hydrogens is 326 g/mol. The van der Waals surface area contributed by atoms with Gasteiger partial charge in [0.2, 0.25) is 0 Å². The molecule has 0 radical (unpaired) electrons. The summed E-state index contributed by atoms with van der Waals surface area (Å²) < 4.78 is 11.4. The molecule has 0 saturated carbocycles. The highest BCUT2D eigenvalue weighted by molar-refractivity contribution is 6.27. The Morgan fingerprint density at radius 2 is 1.68 bits per heavy atom. The quantitative estimate of drug-likeness (QED) is 0.518. The number of nitrogens with zero attached hydrogens (tertiary/aromatic N) is 1. The normalized spacial score (nSPS) is 11.4. The molecule has 0 amide bonds. The number of benzene rings is 1. The summed E-state index contributed by atoms with van der Waals surface area (Å²) in [6, 6.07) is 8.29. The molecule has 7 nitrogen and oxygen atoms in total. The van der Waals surface area contributed by atoms with Gasteiger partial charge in [-0.3, -0.25) is 0 Å². The van der Waals surface area contributed by atoms with Crippen LogP contribution in [0, 0.1) is 0 Å². The van der Waals surface area contributed by atoms with Crippen LogP contribution in [0.5, 0.6) is 5.75 Å². The molecule has 0 heterocycles. The monoisotopic (exact) mass is 355 g/mol. The van der Waals surface area contributed by atoms with Crippen molar-refractivity contribution >= 4 is 11.9 Å². The Balaban J connectivity index is 0.000000823. The minimum Gasteiger partial charge on any atom is -0.491 e. The molecule has 0 aliphatic rings.